The van der Waals surface area contributed by atoms with Crippen molar-refractivity contribution in [2.75, 3.05) is 20.2 Å². The summed E-state index contributed by atoms with van der Waals surface area (Å²) in [6.45, 7) is 4.11. The number of piperidine rings is 1. The Balaban J connectivity index is 1.87. The Hall–Kier alpha value is -1.06. The molecule has 1 fully saturated rings. The van der Waals surface area contributed by atoms with Crippen LogP contribution in [0, 0.1) is 0 Å². The highest BCUT2D eigenvalue weighted by Crippen LogP contribution is 2.26. The summed E-state index contributed by atoms with van der Waals surface area (Å²) in [6.07, 6.45) is 6.03. The lowest BCUT2D eigenvalue weighted by molar-refractivity contribution is 0.152. The minimum absolute atomic E-state index is 0.0727. The van der Waals surface area contributed by atoms with E-state index in [1.165, 1.54) is 25.8 Å². The van der Waals surface area contributed by atoms with Gasteiger partial charge in [0.15, 0.2) is 0 Å². The Bertz CT molecular complexity index is 408. The SMILES string of the molecule is CC[C@@H](N)c1ccccc1OCCC1CCCCN1C. The van der Waals surface area contributed by atoms with Gasteiger partial charge in [0.2, 0.25) is 0 Å². The molecule has 0 bridgehead atoms. The summed E-state index contributed by atoms with van der Waals surface area (Å²) < 4.78 is 6.00. The van der Waals surface area contributed by atoms with Crippen molar-refractivity contribution in [2.24, 2.45) is 5.73 Å². The molecule has 1 heterocycles. The molecule has 2 rings (SSSR count). The van der Waals surface area contributed by atoms with Crippen LogP contribution in [0.5, 0.6) is 5.75 Å². The van der Waals surface area contributed by atoms with Crippen molar-refractivity contribution in [1.82, 2.24) is 4.90 Å². The monoisotopic (exact) mass is 276 g/mol. The molecule has 0 spiro atoms. The third kappa shape index (κ3) is 3.97. The number of ether oxygens (including phenoxy) is 1. The van der Waals surface area contributed by atoms with Crippen LogP contribution in [0.15, 0.2) is 24.3 Å². The number of benzene rings is 1. The van der Waals surface area contributed by atoms with E-state index >= 15 is 0 Å². The summed E-state index contributed by atoms with van der Waals surface area (Å²) in [7, 11) is 2.23. The first-order chi connectivity index (χ1) is 9.72. The quantitative estimate of drug-likeness (QED) is 0.866. The van der Waals surface area contributed by atoms with Gasteiger partial charge in [0, 0.05) is 17.6 Å². The molecule has 1 aliphatic heterocycles. The Morgan fingerprint density at radius 1 is 1.35 bits per heavy atom. The molecule has 112 valence electrons. The first-order valence-corrected chi connectivity index (χ1v) is 7.90. The normalized spacial score (nSPS) is 21.6. The van der Waals surface area contributed by atoms with Crippen LogP contribution in [0.2, 0.25) is 0 Å². The molecular formula is C17H28N2O. The predicted molar refractivity (Wildman–Crippen MR) is 84.0 cm³/mol. The minimum Gasteiger partial charge on any atom is -0.493 e. The van der Waals surface area contributed by atoms with Crippen LogP contribution < -0.4 is 10.5 Å². The molecule has 0 radical (unpaired) electrons. The van der Waals surface area contributed by atoms with Crippen LogP contribution in [0.25, 0.3) is 0 Å². The second-order valence-electron chi connectivity index (χ2n) is 5.82. The highest BCUT2D eigenvalue weighted by Gasteiger charge is 2.18. The summed E-state index contributed by atoms with van der Waals surface area (Å²) >= 11 is 0. The number of rotatable bonds is 6. The fraction of sp³-hybridized carbons (Fsp3) is 0.647. The number of nitrogens with zero attached hydrogens (tertiary/aromatic N) is 1. The van der Waals surface area contributed by atoms with Crippen LogP contribution in [0.4, 0.5) is 0 Å². The summed E-state index contributed by atoms with van der Waals surface area (Å²) in [6, 6.07) is 8.92. The molecule has 2 N–H and O–H groups in total. The van der Waals surface area contributed by atoms with Gasteiger partial charge in [-0.15, -0.1) is 0 Å². The number of para-hydroxylation sites is 1. The van der Waals surface area contributed by atoms with Gasteiger partial charge < -0.3 is 15.4 Å². The van der Waals surface area contributed by atoms with Crippen molar-refractivity contribution >= 4 is 0 Å². The molecule has 2 atom stereocenters. The van der Waals surface area contributed by atoms with Crippen molar-refractivity contribution in [2.45, 2.75) is 51.1 Å². The molecule has 0 saturated carbocycles. The Morgan fingerprint density at radius 3 is 2.90 bits per heavy atom. The Labute approximate surface area is 123 Å². The third-order valence-corrected chi connectivity index (χ3v) is 4.39. The average Bonchev–Trinajstić information content (AvgIpc) is 2.49. The zero-order valence-electron chi connectivity index (χ0n) is 12.8. The average molecular weight is 276 g/mol. The topological polar surface area (TPSA) is 38.5 Å². The summed E-state index contributed by atoms with van der Waals surface area (Å²) in [5, 5.41) is 0. The summed E-state index contributed by atoms with van der Waals surface area (Å²) in [5.74, 6) is 0.959. The third-order valence-electron chi connectivity index (χ3n) is 4.39. The molecule has 3 heteroatoms. The van der Waals surface area contributed by atoms with E-state index in [0.29, 0.717) is 6.04 Å². The highest BCUT2D eigenvalue weighted by molar-refractivity contribution is 5.35. The van der Waals surface area contributed by atoms with E-state index in [1.807, 2.05) is 18.2 Å². The van der Waals surface area contributed by atoms with E-state index in [9.17, 15) is 0 Å². The fourth-order valence-corrected chi connectivity index (χ4v) is 2.95. The molecule has 1 saturated heterocycles. The van der Waals surface area contributed by atoms with E-state index in [1.54, 1.807) is 0 Å². The molecule has 1 aliphatic rings. The molecule has 0 aliphatic carbocycles. The van der Waals surface area contributed by atoms with Gasteiger partial charge in [-0.3, -0.25) is 0 Å². The maximum Gasteiger partial charge on any atom is 0.124 e. The first kappa shape index (κ1) is 15.3. The predicted octanol–water partition coefficient (Wildman–Crippen LogP) is 3.35. The zero-order valence-corrected chi connectivity index (χ0v) is 12.8. The first-order valence-electron chi connectivity index (χ1n) is 7.90. The lowest BCUT2D eigenvalue weighted by Crippen LogP contribution is -2.37. The smallest absolute Gasteiger partial charge is 0.124 e. The number of nitrogens with two attached hydrogens (primary N) is 1. The van der Waals surface area contributed by atoms with Gasteiger partial charge >= 0.3 is 0 Å². The van der Waals surface area contributed by atoms with Crippen LogP contribution in [-0.2, 0) is 0 Å². The summed E-state index contributed by atoms with van der Waals surface area (Å²) in [5.41, 5.74) is 7.27. The maximum atomic E-state index is 6.14. The van der Waals surface area contributed by atoms with E-state index in [-0.39, 0.29) is 6.04 Å². The fourth-order valence-electron chi connectivity index (χ4n) is 2.95. The molecule has 0 aromatic heterocycles. The number of likely N-dealkylation sites (tertiary alicyclic amines) is 1. The Kier molecular flexibility index (Phi) is 5.86. The summed E-state index contributed by atoms with van der Waals surface area (Å²) in [4.78, 5) is 2.47. The molecule has 1 unspecified atom stereocenters. The largest absolute Gasteiger partial charge is 0.493 e. The van der Waals surface area contributed by atoms with Crippen LogP contribution in [0.1, 0.15) is 50.6 Å². The van der Waals surface area contributed by atoms with Crippen molar-refractivity contribution < 1.29 is 4.74 Å². The van der Waals surface area contributed by atoms with Crippen LogP contribution >= 0.6 is 0 Å². The van der Waals surface area contributed by atoms with Gasteiger partial charge in [0.05, 0.1) is 6.61 Å². The van der Waals surface area contributed by atoms with Crippen molar-refractivity contribution in [3.8, 4) is 5.75 Å². The van der Waals surface area contributed by atoms with Crippen molar-refractivity contribution in [3.63, 3.8) is 0 Å². The number of hydrogen-bond acceptors (Lipinski definition) is 3. The lowest BCUT2D eigenvalue weighted by Gasteiger charge is -2.32. The molecular weight excluding hydrogens is 248 g/mol. The molecule has 20 heavy (non-hydrogen) atoms. The number of hydrogen-bond donors (Lipinski definition) is 1. The van der Waals surface area contributed by atoms with Gasteiger partial charge in [-0.2, -0.15) is 0 Å². The molecule has 1 aromatic carbocycles. The van der Waals surface area contributed by atoms with Crippen molar-refractivity contribution in [3.05, 3.63) is 29.8 Å². The Morgan fingerprint density at radius 2 is 2.15 bits per heavy atom. The lowest BCUT2D eigenvalue weighted by atomic mass is 10.0. The second-order valence-corrected chi connectivity index (χ2v) is 5.82. The molecule has 3 nitrogen and oxygen atoms in total. The van der Waals surface area contributed by atoms with Gasteiger partial charge in [-0.05, 0) is 45.3 Å². The minimum atomic E-state index is 0.0727. The highest BCUT2D eigenvalue weighted by atomic mass is 16.5. The van der Waals surface area contributed by atoms with E-state index in [2.05, 4.69) is 24.9 Å². The van der Waals surface area contributed by atoms with Crippen LogP contribution in [-0.4, -0.2) is 31.1 Å². The maximum absolute atomic E-state index is 6.14. The van der Waals surface area contributed by atoms with Gasteiger partial charge in [0.1, 0.15) is 5.75 Å². The van der Waals surface area contributed by atoms with E-state index < -0.39 is 0 Å². The second kappa shape index (κ2) is 7.65. The van der Waals surface area contributed by atoms with Gasteiger partial charge in [-0.25, -0.2) is 0 Å². The van der Waals surface area contributed by atoms with E-state index in [4.69, 9.17) is 10.5 Å². The van der Waals surface area contributed by atoms with E-state index in [0.717, 1.165) is 30.8 Å². The van der Waals surface area contributed by atoms with Crippen molar-refractivity contribution in [1.29, 1.82) is 0 Å². The standard InChI is InChI=1S/C17H28N2O/c1-3-16(18)15-9-4-5-10-17(15)20-13-11-14-8-6-7-12-19(14)2/h4-5,9-10,14,16H,3,6-8,11-13,18H2,1-2H3/t14?,16-/m1/s1. The molecule has 0 amide bonds. The van der Waals surface area contributed by atoms with Gasteiger partial charge in [-0.1, -0.05) is 31.5 Å². The van der Waals surface area contributed by atoms with Crippen LogP contribution in [0.3, 0.4) is 0 Å². The molecule has 1 aromatic rings. The van der Waals surface area contributed by atoms with Gasteiger partial charge in [0.25, 0.3) is 0 Å². The zero-order chi connectivity index (χ0) is 14.4.